The van der Waals surface area contributed by atoms with Gasteiger partial charge in [-0.15, -0.1) is 11.3 Å². The summed E-state index contributed by atoms with van der Waals surface area (Å²) in [6, 6.07) is 14.1. The van der Waals surface area contributed by atoms with Crippen molar-refractivity contribution in [3.05, 3.63) is 46.8 Å². The normalized spacial score (nSPS) is 12.8. The maximum atomic E-state index is 3.60. The second kappa shape index (κ2) is 7.77. The molecular weight excluding hydrogens is 274 g/mol. The third-order valence-electron chi connectivity index (χ3n) is 3.80. The van der Waals surface area contributed by atoms with Crippen molar-refractivity contribution in [2.24, 2.45) is 5.92 Å². The van der Waals surface area contributed by atoms with Crippen LogP contribution in [0.1, 0.15) is 50.6 Å². The number of thiophene rings is 1. The topological polar surface area (TPSA) is 12.0 Å². The molecule has 0 aliphatic rings. The van der Waals surface area contributed by atoms with Crippen molar-refractivity contribution in [2.45, 2.75) is 46.6 Å². The van der Waals surface area contributed by atoms with Gasteiger partial charge in [0, 0.05) is 15.8 Å². The van der Waals surface area contributed by atoms with Gasteiger partial charge in [0.1, 0.15) is 0 Å². The Morgan fingerprint density at radius 2 is 1.71 bits per heavy atom. The first-order valence-electron chi connectivity index (χ1n) is 8.08. The minimum absolute atomic E-state index is 0.466. The first-order valence-corrected chi connectivity index (χ1v) is 8.89. The predicted octanol–water partition coefficient (Wildman–Crippen LogP) is 5.67. The van der Waals surface area contributed by atoms with E-state index < -0.39 is 0 Å². The fourth-order valence-corrected chi connectivity index (χ4v) is 3.95. The lowest BCUT2D eigenvalue weighted by atomic mass is 10.0. The summed E-state index contributed by atoms with van der Waals surface area (Å²) in [6.45, 7) is 9.99. The van der Waals surface area contributed by atoms with Gasteiger partial charge in [0.05, 0.1) is 0 Å². The highest BCUT2D eigenvalue weighted by atomic mass is 32.1. The van der Waals surface area contributed by atoms with E-state index in [-0.39, 0.29) is 0 Å². The van der Waals surface area contributed by atoms with Gasteiger partial charge in [0.25, 0.3) is 0 Å². The Hall–Kier alpha value is -1.12. The zero-order chi connectivity index (χ0) is 15.2. The van der Waals surface area contributed by atoms with E-state index in [1.807, 2.05) is 11.3 Å². The van der Waals surface area contributed by atoms with E-state index in [1.54, 1.807) is 0 Å². The molecule has 0 fully saturated rings. The minimum atomic E-state index is 0.466. The van der Waals surface area contributed by atoms with Gasteiger partial charge in [-0.2, -0.15) is 0 Å². The van der Waals surface area contributed by atoms with E-state index in [0.717, 1.165) is 6.54 Å². The summed E-state index contributed by atoms with van der Waals surface area (Å²) in [5, 5.41) is 3.60. The molecule has 1 atom stereocenters. The lowest BCUT2D eigenvalue weighted by Crippen LogP contribution is -2.24. The molecule has 0 amide bonds. The Balaban J connectivity index is 2.18. The summed E-state index contributed by atoms with van der Waals surface area (Å²) >= 11 is 1.92. The van der Waals surface area contributed by atoms with E-state index in [2.05, 4.69) is 69.4 Å². The molecule has 0 aliphatic heterocycles. The Morgan fingerprint density at radius 3 is 2.29 bits per heavy atom. The third kappa shape index (κ3) is 4.18. The van der Waals surface area contributed by atoms with Gasteiger partial charge in [-0.05, 0) is 42.1 Å². The lowest BCUT2D eigenvalue weighted by Gasteiger charge is -2.20. The smallest absolute Gasteiger partial charge is 0.0438 e. The predicted molar refractivity (Wildman–Crippen MR) is 95.0 cm³/mol. The van der Waals surface area contributed by atoms with E-state index in [4.69, 9.17) is 0 Å². The molecule has 0 aliphatic carbocycles. The van der Waals surface area contributed by atoms with Crippen LogP contribution >= 0.6 is 11.3 Å². The minimum Gasteiger partial charge on any atom is -0.309 e. The Kier molecular flexibility index (Phi) is 6.01. The number of benzene rings is 1. The SMILES string of the molecule is CCCc1ccc(-c2ccc(C(NCC)C(C)C)s2)cc1. The molecule has 0 saturated heterocycles. The molecule has 1 nitrogen and oxygen atoms in total. The van der Waals surface area contributed by atoms with Crippen molar-refractivity contribution >= 4 is 11.3 Å². The number of aryl methyl sites for hydroxylation is 1. The van der Waals surface area contributed by atoms with Crippen molar-refractivity contribution in [1.29, 1.82) is 0 Å². The van der Waals surface area contributed by atoms with Gasteiger partial charge in [0.15, 0.2) is 0 Å². The quantitative estimate of drug-likeness (QED) is 0.694. The molecule has 0 bridgehead atoms. The first-order chi connectivity index (χ1) is 10.2. The molecule has 114 valence electrons. The molecule has 0 radical (unpaired) electrons. The molecule has 21 heavy (non-hydrogen) atoms. The molecule has 1 aromatic carbocycles. The number of nitrogens with one attached hydrogen (secondary N) is 1. The molecule has 1 aromatic heterocycles. The van der Waals surface area contributed by atoms with Crippen molar-refractivity contribution in [3.63, 3.8) is 0 Å². The van der Waals surface area contributed by atoms with Crippen LogP contribution in [0.2, 0.25) is 0 Å². The molecule has 0 spiro atoms. The van der Waals surface area contributed by atoms with Gasteiger partial charge >= 0.3 is 0 Å². The molecule has 2 rings (SSSR count). The fraction of sp³-hybridized carbons (Fsp3) is 0.474. The van der Waals surface area contributed by atoms with Crippen LogP contribution in [0.3, 0.4) is 0 Å². The fourth-order valence-electron chi connectivity index (χ4n) is 2.68. The molecule has 0 saturated carbocycles. The second-order valence-corrected chi connectivity index (χ2v) is 7.04. The average molecular weight is 301 g/mol. The molecule has 1 unspecified atom stereocenters. The van der Waals surface area contributed by atoms with Crippen LogP contribution in [0.25, 0.3) is 10.4 Å². The highest BCUT2D eigenvalue weighted by Crippen LogP contribution is 2.34. The van der Waals surface area contributed by atoms with Crippen LogP contribution in [-0.4, -0.2) is 6.54 Å². The highest BCUT2D eigenvalue weighted by Gasteiger charge is 2.16. The first kappa shape index (κ1) is 16.3. The molecule has 2 heteroatoms. The van der Waals surface area contributed by atoms with Crippen molar-refractivity contribution < 1.29 is 0 Å². The van der Waals surface area contributed by atoms with Gasteiger partial charge in [-0.25, -0.2) is 0 Å². The van der Waals surface area contributed by atoms with Crippen LogP contribution in [0.5, 0.6) is 0 Å². The van der Waals surface area contributed by atoms with Gasteiger partial charge in [-0.3, -0.25) is 0 Å². The monoisotopic (exact) mass is 301 g/mol. The summed E-state index contributed by atoms with van der Waals surface area (Å²) in [7, 11) is 0. The van der Waals surface area contributed by atoms with Crippen molar-refractivity contribution in [3.8, 4) is 10.4 Å². The second-order valence-electron chi connectivity index (χ2n) is 5.93. The van der Waals surface area contributed by atoms with Crippen molar-refractivity contribution in [2.75, 3.05) is 6.54 Å². The number of rotatable bonds is 7. The zero-order valence-corrected chi connectivity index (χ0v) is 14.5. The zero-order valence-electron chi connectivity index (χ0n) is 13.6. The summed E-state index contributed by atoms with van der Waals surface area (Å²) in [6.07, 6.45) is 2.38. The number of hydrogen-bond acceptors (Lipinski definition) is 2. The van der Waals surface area contributed by atoms with Crippen LogP contribution in [0.15, 0.2) is 36.4 Å². The average Bonchev–Trinajstić information content (AvgIpc) is 2.95. The van der Waals surface area contributed by atoms with Crippen molar-refractivity contribution in [1.82, 2.24) is 5.32 Å². The van der Waals surface area contributed by atoms with Crippen LogP contribution in [0.4, 0.5) is 0 Å². The molecular formula is C19H27NS. The van der Waals surface area contributed by atoms with Crippen LogP contribution in [0, 0.1) is 5.92 Å². The van der Waals surface area contributed by atoms with Gasteiger partial charge in [-0.1, -0.05) is 58.4 Å². The number of hydrogen-bond donors (Lipinski definition) is 1. The van der Waals surface area contributed by atoms with E-state index >= 15 is 0 Å². The Morgan fingerprint density at radius 1 is 1.00 bits per heavy atom. The molecule has 1 N–H and O–H groups in total. The summed E-state index contributed by atoms with van der Waals surface area (Å²) < 4.78 is 0. The van der Waals surface area contributed by atoms with E-state index in [9.17, 15) is 0 Å². The summed E-state index contributed by atoms with van der Waals surface area (Å²) in [5.41, 5.74) is 2.77. The molecule has 1 heterocycles. The standard InChI is InChI=1S/C19H27NS/c1-5-7-15-8-10-16(11-9-15)17-12-13-18(21-17)19(14(3)4)20-6-2/h8-14,19-20H,5-7H2,1-4H3. The maximum absolute atomic E-state index is 3.60. The summed E-state index contributed by atoms with van der Waals surface area (Å²) in [5.74, 6) is 0.614. The maximum Gasteiger partial charge on any atom is 0.0438 e. The Labute approximate surface area is 133 Å². The van der Waals surface area contributed by atoms with E-state index in [1.165, 1.54) is 33.7 Å². The Bertz CT molecular complexity index is 539. The highest BCUT2D eigenvalue weighted by molar-refractivity contribution is 7.15. The van der Waals surface area contributed by atoms with Gasteiger partial charge in [0.2, 0.25) is 0 Å². The lowest BCUT2D eigenvalue weighted by molar-refractivity contribution is 0.428. The van der Waals surface area contributed by atoms with Crippen LogP contribution in [-0.2, 0) is 6.42 Å². The van der Waals surface area contributed by atoms with Crippen LogP contribution < -0.4 is 5.32 Å². The van der Waals surface area contributed by atoms with E-state index in [0.29, 0.717) is 12.0 Å². The molecule has 2 aromatic rings. The third-order valence-corrected chi connectivity index (χ3v) is 5.02. The largest absolute Gasteiger partial charge is 0.309 e. The van der Waals surface area contributed by atoms with Gasteiger partial charge < -0.3 is 5.32 Å². The summed E-state index contributed by atoms with van der Waals surface area (Å²) in [4.78, 5) is 2.82.